The molecule has 17 nitrogen and oxygen atoms in total. The van der Waals surface area contributed by atoms with Gasteiger partial charge in [0.05, 0.1) is 0 Å². The largest absolute Gasteiger partial charge is 0.369 e. The highest BCUT2D eigenvalue weighted by atomic mass is 16.8. The Labute approximate surface area is 98.6 Å². The van der Waals surface area contributed by atoms with Crippen LogP contribution in [0.3, 0.4) is 0 Å². The van der Waals surface area contributed by atoms with Gasteiger partial charge in [0.25, 0.3) is 0 Å². The van der Waals surface area contributed by atoms with Crippen molar-refractivity contribution in [3.05, 3.63) is 40.5 Å². The van der Waals surface area contributed by atoms with E-state index in [-0.39, 0.29) is 0 Å². The summed E-state index contributed by atoms with van der Waals surface area (Å²) in [5.74, 6) is -2.88. The molecule has 0 atom stereocenters. The van der Waals surface area contributed by atoms with Crippen molar-refractivity contribution < 1.29 is 24.8 Å². The molecule has 0 bridgehead atoms. The number of hydrogen-bond donors (Lipinski definition) is 0. The predicted molar refractivity (Wildman–Crippen MR) is 47.2 cm³/mol. The van der Waals surface area contributed by atoms with Crippen LogP contribution in [0, 0.1) is 40.5 Å². The van der Waals surface area contributed by atoms with Crippen molar-refractivity contribution in [2.45, 2.75) is 0 Å². The van der Waals surface area contributed by atoms with Crippen LogP contribution in [-0.2, 0) is 0 Å². The van der Waals surface area contributed by atoms with E-state index in [9.17, 15) is 40.5 Å². The van der Waals surface area contributed by atoms with Gasteiger partial charge in [-0.1, -0.05) is 0 Å². The van der Waals surface area contributed by atoms with E-state index in [2.05, 4.69) is 14.9 Å². The summed E-state index contributed by atoms with van der Waals surface area (Å²) >= 11 is 0. The zero-order chi connectivity index (χ0) is 14.7. The molecule has 1 rings (SSSR count). The molecule has 0 aliphatic carbocycles. The van der Waals surface area contributed by atoms with E-state index < -0.39 is 42.0 Å². The number of hydrazine groups is 4. The average Bonchev–Trinajstić information content (AvgIpc) is 2.64. The summed E-state index contributed by atoms with van der Waals surface area (Å²) < 4.78 is 3.81. The van der Waals surface area contributed by atoms with E-state index in [0.717, 1.165) is 0 Å². The Morgan fingerprint density at radius 1 is 0.737 bits per heavy atom. The SMILES string of the molecule is O=[N+]([O-])N(c1nonc1N([N+](=O)[O-])[N+](=O)[O-])[N+](=O)[O-]. The molecule has 0 N–H and O–H groups in total. The average molecular weight is 280 g/mol. The summed E-state index contributed by atoms with van der Waals surface area (Å²) in [7, 11) is 0. The molecule has 0 aliphatic heterocycles. The molecule has 0 aliphatic rings. The second-order valence-corrected chi connectivity index (χ2v) is 2.44. The Morgan fingerprint density at radius 2 is 1.00 bits per heavy atom. The van der Waals surface area contributed by atoms with Crippen LogP contribution in [0.1, 0.15) is 0 Å². The molecular weight excluding hydrogens is 280 g/mol. The fourth-order valence-electron chi connectivity index (χ4n) is 0.860. The van der Waals surface area contributed by atoms with E-state index >= 15 is 0 Å². The molecular formula is C2N8O9. The fourth-order valence-corrected chi connectivity index (χ4v) is 0.860. The molecule has 0 aromatic carbocycles. The standard InChI is InChI=1S/C2N8O9/c11-7(12)5(8(13)14)1-2(4-19-3-1)6(9(15)16)10(17)18. The van der Waals surface area contributed by atoms with Crippen molar-refractivity contribution in [2.75, 3.05) is 10.2 Å². The van der Waals surface area contributed by atoms with Crippen molar-refractivity contribution in [3.63, 3.8) is 0 Å². The molecule has 0 spiro atoms. The second kappa shape index (κ2) is 4.68. The van der Waals surface area contributed by atoms with E-state index in [1.54, 1.807) is 0 Å². The van der Waals surface area contributed by atoms with Gasteiger partial charge >= 0.3 is 11.6 Å². The molecule has 102 valence electrons. The smallest absolute Gasteiger partial charge is 0.239 e. The van der Waals surface area contributed by atoms with Crippen LogP contribution in [0.4, 0.5) is 11.6 Å². The Balaban J connectivity index is 3.37. The summed E-state index contributed by atoms with van der Waals surface area (Å²) in [6.07, 6.45) is 0. The first-order valence-corrected chi connectivity index (χ1v) is 3.77. The van der Waals surface area contributed by atoms with Crippen LogP contribution in [0.25, 0.3) is 0 Å². The molecule has 17 heteroatoms. The molecule has 0 saturated carbocycles. The Hall–Kier alpha value is -3.66. The third kappa shape index (κ3) is 2.37. The first-order valence-electron chi connectivity index (χ1n) is 3.77. The lowest BCUT2D eigenvalue weighted by Gasteiger charge is -2.01. The third-order valence-corrected chi connectivity index (χ3v) is 1.45. The highest BCUT2D eigenvalue weighted by Crippen LogP contribution is 2.25. The maximum atomic E-state index is 10.4. The monoisotopic (exact) mass is 280 g/mol. The first-order chi connectivity index (χ1) is 8.77. The highest BCUT2D eigenvalue weighted by Gasteiger charge is 2.48. The van der Waals surface area contributed by atoms with Crippen LogP contribution in [0.15, 0.2) is 4.63 Å². The molecule has 0 radical (unpaired) electrons. The van der Waals surface area contributed by atoms with Gasteiger partial charge in [-0.2, -0.15) is 0 Å². The number of nitro groups is 4. The number of anilines is 2. The molecule has 1 heterocycles. The minimum atomic E-state index is -1.64. The molecule has 1 aromatic heterocycles. The molecule has 0 saturated heterocycles. The molecule has 19 heavy (non-hydrogen) atoms. The number of rotatable bonds is 6. The van der Waals surface area contributed by atoms with Crippen molar-refractivity contribution in [1.82, 2.24) is 10.3 Å². The van der Waals surface area contributed by atoms with Gasteiger partial charge < -0.3 is 0 Å². The first kappa shape index (κ1) is 13.4. The lowest BCUT2D eigenvalue weighted by atomic mass is 10.6. The quantitative estimate of drug-likeness (QED) is 0.425. The second-order valence-electron chi connectivity index (χ2n) is 2.44. The highest BCUT2D eigenvalue weighted by molar-refractivity contribution is 5.54. The van der Waals surface area contributed by atoms with Crippen molar-refractivity contribution in [2.24, 2.45) is 0 Å². The maximum Gasteiger partial charge on any atom is 0.369 e. The Kier molecular flexibility index (Phi) is 3.31. The van der Waals surface area contributed by atoms with Gasteiger partial charge in [0.15, 0.2) is 0 Å². The minimum Gasteiger partial charge on any atom is -0.239 e. The van der Waals surface area contributed by atoms with Crippen LogP contribution in [0.2, 0.25) is 0 Å². The number of nitrogens with zero attached hydrogens (tertiary/aromatic N) is 8. The summed E-state index contributed by atoms with van der Waals surface area (Å²) in [6.45, 7) is 0. The number of hydrogen-bond acceptors (Lipinski definition) is 11. The zero-order valence-corrected chi connectivity index (χ0v) is 8.25. The van der Waals surface area contributed by atoms with E-state index in [1.807, 2.05) is 0 Å². The normalized spacial score (nSPS) is 9.68. The van der Waals surface area contributed by atoms with E-state index in [1.165, 1.54) is 0 Å². The summed E-state index contributed by atoms with van der Waals surface area (Å²) in [4.78, 5) is 41.5. The van der Waals surface area contributed by atoms with Gasteiger partial charge in [0.1, 0.15) is 0 Å². The van der Waals surface area contributed by atoms with Gasteiger partial charge in [-0.3, -0.25) is 0 Å². The summed E-state index contributed by atoms with van der Waals surface area (Å²) in [5, 5.41) is 38.4. The van der Waals surface area contributed by atoms with Crippen LogP contribution < -0.4 is 10.2 Å². The van der Waals surface area contributed by atoms with Gasteiger partial charge in [0.2, 0.25) is 30.4 Å². The Morgan fingerprint density at radius 3 is 1.21 bits per heavy atom. The van der Waals surface area contributed by atoms with Crippen molar-refractivity contribution in [3.8, 4) is 0 Å². The minimum absolute atomic E-state index is 0.925. The van der Waals surface area contributed by atoms with E-state index in [4.69, 9.17) is 0 Å². The molecule has 0 fully saturated rings. The molecule has 1 aromatic rings. The lowest BCUT2D eigenvalue weighted by Crippen LogP contribution is -2.40. The van der Waals surface area contributed by atoms with E-state index in [0.29, 0.717) is 0 Å². The van der Waals surface area contributed by atoms with Crippen molar-refractivity contribution >= 4 is 11.6 Å². The molecule has 0 amide bonds. The van der Waals surface area contributed by atoms with Gasteiger partial charge in [0, 0.05) is 0 Å². The maximum absolute atomic E-state index is 10.4. The van der Waals surface area contributed by atoms with Crippen LogP contribution in [-0.4, -0.2) is 30.4 Å². The van der Waals surface area contributed by atoms with Crippen LogP contribution in [0.5, 0.6) is 0 Å². The summed E-state index contributed by atoms with van der Waals surface area (Å²) in [5.41, 5.74) is 0. The third-order valence-electron chi connectivity index (χ3n) is 1.45. The Bertz CT molecular complexity index is 474. The van der Waals surface area contributed by atoms with Gasteiger partial charge in [-0.25, -0.2) is 45.1 Å². The lowest BCUT2D eigenvalue weighted by molar-refractivity contribution is -0.718. The zero-order valence-electron chi connectivity index (χ0n) is 8.25. The van der Waals surface area contributed by atoms with Gasteiger partial charge in [-0.15, -0.1) is 0 Å². The fraction of sp³-hybridized carbons (Fsp3) is 0. The topological polar surface area (TPSA) is 218 Å². The van der Waals surface area contributed by atoms with Crippen molar-refractivity contribution in [1.29, 1.82) is 0 Å². The van der Waals surface area contributed by atoms with Crippen LogP contribution >= 0.6 is 0 Å². The number of aromatic nitrogens is 2. The van der Waals surface area contributed by atoms with Gasteiger partial charge in [-0.05, 0) is 10.3 Å². The predicted octanol–water partition coefficient (Wildman–Crippen LogP) is -1.55. The molecule has 0 unspecified atom stereocenters. The summed E-state index contributed by atoms with van der Waals surface area (Å²) in [6, 6.07) is 0.